The number of aliphatic carboxylic acids is 1. The highest BCUT2D eigenvalue weighted by atomic mass is 16.5. The van der Waals surface area contributed by atoms with Crippen LogP contribution in [0.25, 0.3) is 0 Å². The lowest BCUT2D eigenvalue weighted by Crippen LogP contribution is -2.55. The molecule has 3 unspecified atom stereocenters. The quantitative estimate of drug-likeness (QED) is 0.767. The molecule has 0 aromatic heterocycles. The number of hydrogen-bond donors (Lipinski definition) is 2. The van der Waals surface area contributed by atoms with Gasteiger partial charge in [0.05, 0.1) is 24.9 Å². The molecule has 19 heavy (non-hydrogen) atoms. The number of nitrogens with one attached hydrogen (secondary N) is 1. The minimum Gasteiger partial charge on any atom is -0.480 e. The number of carbonyl (C=O) groups is 1. The number of ether oxygens (including phenoxy) is 2. The van der Waals surface area contributed by atoms with Crippen LogP contribution in [-0.2, 0) is 14.3 Å². The Morgan fingerprint density at radius 1 is 1.37 bits per heavy atom. The Hall–Kier alpha value is -0.650. The Bertz CT molecular complexity index is 321. The minimum atomic E-state index is -0.980. The summed E-state index contributed by atoms with van der Waals surface area (Å²) in [6, 6.07) is 0.345. The lowest BCUT2D eigenvalue weighted by molar-refractivity contribution is -0.151. The van der Waals surface area contributed by atoms with E-state index in [1.807, 2.05) is 13.8 Å². The van der Waals surface area contributed by atoms with Gasteiger partial charge in [0.2, 0.25) is 0 Å². The zero-order valence-electron chi connectivity index (χ0n) is 12.0. The first kappa shape index (κ1) is 14.8. The molecular formula is C14H25NO4. The summed E-state index contributed by atoms with van der Waals surface area (Å²) in [7, 11) is 0. The zero-order valence-corrected chi connectivity index (χ0v) is 12.0. The van der Waals surface area contributed by atoms with Gasteiger partial charge in [-0.2, -0.15) is 0 Å². The Morgan fingerprint density at radius 2 is 1.95 bits per heavy atom. The molecule has 110 valence electrons. The average Bonchev–Trinajstić information content (AvgIpc) is 3.09. The van der Waals surface area contributed by atoms with E-state index >= 15 is 0 Å². The fourth-order valence-electron chi connectivity index (χ4n) is 2.61. The second-order valence-electron chi connectivity index (χ2n) is 6.22. The van der Waals surface area contributed by atoms with Gasteiger partial charge in [-0.25, -0.2) is 0 Å². The number of rotatable bonds is 6. The summed E-state index contributed by atoms with van der Waals surface area (Å²) in [6.07, 6.45) is 4.26. The van der Waals surface area contributed by atoms with Gasteiger partial charge in [0, 0.05) is 6.04 Å². The molecule has 1 aliphatic carbocycles. The van der Waals surface area contributed by atoms with Crippen LogP contribution in [0.15, 0.2) is 0 Å². The molecule has 0 aromatic rings. The van der Waals surface area contributed by atoms with Crippen LogP contribution in [-0.4, -0.2) is 47.6 Å². The molecule has 2 N–H and O–H groups in total. The third kappa shape index (κ3) is 4.16. The largest absolute Gasteiger partial charge is 0.480 e. The number of hydrogen-bond acceptors (Lipinski definition) is 4. The van der Waals surface area contributed by atoms with Crippen LogP contribution >= 0.6 is 0 Å². The molecule has 0 amide bonds. The van der Waals surface area contributed by atoms with Crippen molar-refractivity contribution in [3.63, 3.8) is 0 Å². The Kier molecular flexibility index (Phi) is 4.48. The van der Waals surface area contributed by atoms with Gasteiger partial charge in [-0.15, -0.1) is 0 Å². The standard InChI is InChI=1S/C14H25NO4/c1-9-6-12(7-10(2)19-9)18-8-14(3,13(16)17)15-11-4-5-11/h9-12,15H,4-8H2,1-3H3,(H,16,17). The maximum absolute atomic E-state index is 11.4. The van der Waals surface area contributed by atoms with Crippen molar-refractivity contribution in [2.75, 3.05) is 6.61 Å². The topological polar surface area (TPSA) is 67.8 Å². The molecule has 5 nitrogen and oxygen atoms in total. The van der Waals surface area contributed by atoms with E-state index in [4.69, 9.17) is 9.47 Å². The first-order chi connectivity index (χ1) is 8.89. The summed E-state index contributed by atoms with van der Waals surface area (Å²) in [5.74, 6) is -0.840. The fourth-order valence-corrected chi connectivity index (χ4v) is 2.61. The third-order valence-corrected chi connectivity index (χ3v) is 3.83. The van der Waals surface area contributed by atoms with Gasteiger partial charge in [0.15, 0.2) is 0 Å². The highest BCUT2D eigenvalue weighted by Crippen LogP contribution is 2.25. The first-order valence-corrected chi connectivity index (χ1v) is 7.17. The molecule has 1 heterocycles. The van der Waals surface area contributed by atoms with Crippen LogP contribution in [0.4, 0.5) is 0 Å². The normalized spacial score (nSPS) is 34.8. The van der Waals surface area contributed by atoms with Crippen molar-refractivity contribution < 1.29 is 19.4 Å². The Balaban J connectivity index is 1.85. The van der Waals surface area contributed by atoms with Crippen LogP contribution in [0.3, 0.4) is 0 Å². The molecule has 1 saturated heterocycles. The molecule has 0 spiro atoms. The molecule has 5 heteroatoms. The van der Waals surface area contributed by atoms with Crippen LogP contribution in [0.5, 0.6) is 0 Å². The van der Waals surface area contributed by atoms with Gasteiger partial charge < -0.3 is 14.6 Å². The number of carboxylic acids is 1. The third-order valence-electron chi connectivity index (χ3n) is 3.83. The van der Waals surface area contributed by atoms with Gasteiger partial charge >= 0.3 is 5.97 Å². The van der Waals surface area contributed by atoms with Crippen molar-refractivity contribution in [2.24, 2.45) is 0 Å². The first-order valence-electron chi connectivity index (χ1n) is 7.17. The van der Waals surface area contributed by atoms with Crippen LogP contribution < -0.4 is 5.32 Å². The van der Waals surface area contributed by atoms with E-state index in [2.05, 4.69) is 5.32 Å². The second-order valence-corrected chi connectivity index (χ2v) is 6.22. The van der Waals surface area contributed by atoms with Gasteiger partial charge in [-0.1, -0.05) is 0 Å². The van der Waals surface area contributed by atoms with Gasteiger partial charge in [0.25, 0.3) is 0 Å². The zero-order chi connectivity index (χ0) is 14.0. The summed E-state index contributed by atoms with van der Waals surface area (Å²) in [4.78, 5) is 11.4. The van der Waals surface area contributed by atoms with E-state index in [9.17, 15) is 9.90 Å². The van der Waals surface area contributed by atoms with Crippen molar-refractivity contribution in [1.29, 1.82) is 0 Å². The fraction of sp³-hybridized carbons (Fsp3) is 0.929. The summed E-state index contributed by atoms with van der Waals surface area (Å²) < 4.78 is 11.5. The lowest BCUT2D eigenvalue weighted by Gasteiger charge is -2.34. The van der Waals surface area contributed by atoms with Crippen molar-refractivity contribution in [1.82, 2.24) is 5.32 Å². The van der Waals surface area contributed by atoms with E-state index < -0.39 is 11.5 Å². The predicted molar refractivity (Wildman–Crippen MR) is 71.2 cm³/mol. The molecule has 2 aliphatic rings. The molecule has 0 aromatic carbocycles. The van der Waals surface area contributed by atoms with E-state index in [-0.39, 0.29) is 24.9 Å². The molecular weight excluding hydrogens is 246 g/mol. The Labute approximate surface area is 114 Å². The maximum atomic E-state index is 11.4. The molecule has 3 atom stereocenters. The van der Waals surface area contributed by atoms with Crippen molar-refractivity contribution >= 4 is 5.97 Å². The van der Waals surface area contributed by atoms with Crippen LogP contribution in [0.2, 0.25) is 0 Å². The Morgan fingerprint density at radius 3 is 2.42 bits per heavy atom. The van der Waals surface area contributed by atoms with Crippen molar-refractivity contribution in [3.8, 4) is 0 Å². The predicted octanol–water partition coefficient (Wildman–Crippen LogP) is 1.55. The summed E-state index contributed by atoms with van der Waals surface area (Å²) in [6.45, 7) is 5.98. The molecule has 1 saturated carbocycles. The molecule has 0 radical (unpaired) electrons. The van der Waals surface area contributed by atoms with Crippen molar-refractivity contribution in [2.45, 2.75) is 76.3 Å². The maximum Gasteiger partial charge on any atom is 0.326 e. The van der Waals surface area contributed by atoms with Crippen molar-refractivity contribution in [3.05, 3.63) is 0 Å². The number of carboxylic acid groups (broad SMARTS) is 1. The minimum absolute atomic E-state index is 0.0958. The highest BCUT2D eigenvalue weighted by molar-refractivity contribution is 5.78. The molecule has 0 bridgehead atoms. The summed E-state index contributed by atoms with van der Waals surface area (Å²) in [5, 5.41) is 12.5. The highest BCUT2D eigenvalue weighted by Gasteiger charge is 2.40. The van der Waals surface area contributed by atoms with E-state index in [1.54, 1.807) is 6.92 Å². The van der Waals surface area contributed by atoms with Crippen LogP contribution in [0.1, 0.15) is 46.5 Å². The molecule has 2 fully saturated rings. The van der Waals surface area contributed by atoms with Crippen LogP contribution in [0, 0.1) is 0 Å². The molecule has 2 rings (SSSR count). The second kappa shape index (κ2) is 5.77. The summed E-state index contributed by atoms with van der Waals surface area (Å²) in [5.41, 5.74) is -0.980. The SMILES string of the molecule is CC1CC(OCC(C)(NC2CC2)C(=O)O)CC(C)O1. The van der Waals surface area contributed by atoms with E-state index in [1.165, 1.54) is 0 Å². The smallest absolute Gasteiger partial charge is 0.326 e. The van der Waals surface area contributed by atoms with Gasteiger partial charge in [-0.3, -0.25) is 10.1 Å². The van der Waals surface area contributed by atoms with Gasteiger partial charge in [0.1, 0.15) is 5.54 Å². The van der Waals surface area contributed by atoms with Gasteiger partial charge in [-0.05, 0) is 46.5 Å². The average molecular weight is 271 g/mol. The monoisotopic (exact) mass is 271 g/mol. The lowest BCUT2D eigenvalue weighted by atomic mass is 10.0. The van der Waals surface area contributed by atoms with E-state index in [0.717, 1.165) is 25.7 Å². The molecule has 1 aliphatic heterocycles. The summed E-state index contributed by atoms with van der Waals surface area (Å²) >= 11 is 0. The van der Waals surface area contributed by atoms with E-state index in [0.29, 0.717) is 6.04 Å².